The van der Waals surface area contributed by atoms with Gasteiger partial charge in [-0.15, -0.1) is 0 Å². The number of halogens is 1. The molecule has 1 heteroatoms. The maximum atomic E-state index is 12.4. The zero-order valence-corrected chi connectivity index (χ0v) is 6.24. The van der Waals surface area contributed by atoms with Gasteiger partial charge in [-0.3, -0.25) is 0 Å². The average molecular weight is 128 g/mol. The highest BCUT2D eigenvalue weighted by atomic mass is 19.1. The lowest BCUT2D eigenvalue weighted by molar-refractivity contribution is 0.662. The van der Waals surface area contributed by atoms with Crippen LogP contribution in [0.4, 0.5) is 4.39 Å². The standard InChI is InChI=1S/C8H13F/c1-4-7(3)6-8(9)5-2/h5-6H,4H2,1-3H3/b7-6-,8-5+. The van der Waals surface area contributed by atoms with Crippen molar-refractivity contribution in [2.45, 2.75) is 27.2 Å². The van der Waals surface area contributed by atoms with Gasteiger partial charge in [-0.25, -0.2) is 4.39 Å². The zero-order chi connectivity index (χ0) is 7.28. The SMILES string of the molecule is C/C=C(F)\C=C(\C)CC. The fourth-order valence-electron chi connectivity index (χ4n) is 0.421. The highest BCUT2D eigenvalue weighted by Crippen LogP contribution is 2.05. The summed E-state index contributed by atoms with van der Waals surface area (Å²) in [7, 11) is 0. The summed E-state index contributed by atoms with van der Waals surface area (Å²) in [6, 6.07) is 0. The van der Waals surface area contributed by atoms with Gasteiger partial charge >= 0.3 is 0 Å². The van der Waals surface area contributed by atoms with Crippen LogP contribution in [0.15, 0.2) is 23.6 Å². The van der Waals surface area contributed by atoms with Crippen LogP contribution in [-0.4, -0.2) is 0 Å². The summed E-state index contributed by atoms with van der Waals surface area (Å²) >= 11 is 0. The van der Waals surface area contributed by atoms with Crippen molar-refractivity contribution in [2.24, 2.45) is 0 Å². The van der Waals surface area contributed by atoms with E-state index in [1.165, 1.54) is 6.08 Å². The van der Waals surface area contributed by atoms with Crippen LogP contribution in [0, 0.1) is 0 Å². The third-order valence-corrected chi connectivity index (χ3v) is 1.22. The Kier molecular flexibility index (Phi) is 4.02. The van der Waals surface area contributed by atoms with Gasteiger partial charge in [0.15, 0.2) is 0 Å². The van der Waals surface area contributed by atoms with Crippen LogP contribution < -0.4 is 0 Å². The van der Waals surface area contributed by atoms with Gasteiger partial charge in [0, 0.05) is 0 Å². The molecule has 0 unspecified atom stereocenters. The van der Waals surface area contributed by atoms with Crippen LogP contribution in [0.2, 0.25) is 0 Å². The minimum Gasteiger partial charge on any atom is -0.207 e. The Morgan fingerprint density at radius 1 is 1.56 bits per heavy atom. The Labute approximate surface area is 56.1 Å². The van der Waals surface area contributed by atoms with Crippen molar-refractivity contribution in [3.63, 3.8) is 0 Å². The Balaban J connectivity index is 3.95. The smallest absolute Gasteiger partial charge is 0.118 e. The van der Waals surface area contributed by atoms with Crippen molar-refractivity contribution in [1.29, 1.82) is 0 Å². The molecule has 0 aromatic rings. The molecule has 9 heavy (non-hydrogen) atoms. The van der Waals surface area contributed by atoms with E-state index in [-0.39, 0.29) is 5.83 Å². The fraction of sp³-hybridized carbons (Fsp3) is 0.500. The molecule has 0 atom stereocenters. The van der Waals surface area contributed by atoms with E-state index in [2.05, 4.69) is 0 Å². The highest BCUT2D eigenvalue weighted by molar-refractivity contribution is 5.15. The van der Waals surface area contributed by atoms with Gasteiger partial charge in [-0.2, -0.15) is 0 Å². The molecule has 0 amide bonds. The van der Waals surface area contributed by atoms with Crippen LogP contribution in [0.3, 0.4) is 0 Å². The molecule has 0 heterocycles. The number of allylic oxidation sites excluding steroid dienone is 4. The summed E-state index contributed by atoms with van der Waals surface area (Å²) in [5.41, 5.74) is 1.07. The number of rotatable bonds is 2. The normalized spacial score (nSPS) is 14.2. The molecule has 0 saturated heterocycles. The van der Waals surface area contributed by atoms with Gasteiger partial charge in [0.1, 0.15) is 5.83 Å². The van der Waals surface area contributed by atoms with Crippen molar-refractivity contribution >= 4 is 0 Å². The average Bonchev–Trinajstić information content (AvgIpc) is 1.87. The molecule has 0 radical (unpaired) electrons. The van der Waals surface area contributed by atoms with Crippen molar-refractivity contribution in [3.8, 4) is 0 Å². The van der Waals surface area contributed by atoms with E-state index >= 15 is 0 Å². The zero-order valence-electron chi connectivity index (χ0n) is 6.24. The molecule has 0 fully saturated rings. The van der Waals surface area contributed by atoms with Crippen LogP contribution in [0.5, 0.6) is 0 Å². The van der Waals surface area contributed by atoms with E-state index in [9.17, 15) is 4.39 Å². The second-order valence-electron chi connectivity index (χ2n) is 2.02. The molecule has 0 N–H and O–H groups in total. The largest absolute Gasteiger partial charge is 0.207 e. The van der Waals surface area contributed by atoms with E-state index in [1.54, 1.807) is 13.0 Å². The Morgan fingerprint density at radius 2 is 2.11 bits per heavy atom. The Bertz CT molecular complexity index is 132. The van der Waals surface area contributed by atoms with Gasteiger partial charge in [0.2, 0.25) is 0 Å². The molecule has 0 aliphatic heterocycles. The van der Waals surface area contributed by atoms with E-state index in [0.717, 1.165) is 12.0 Å². The van der Waals surface area contributed by atoms with Gasteiger partial charge < -0.3 is 0 Å². The molecule has 0 spiro atoms. The molecule has 0 saturated carbocycles. The summed E-state index contributed by atoms with van der Waals surface area (Å²) in [6.07, 6.45) is 3.93. The van der Waals surface area contributed by atoms with Gasteiger partial charge in [0.05, 0.1) is 0 Å². The first-order valence-electron chi connectivity index (χ1n) is 3.19. The Hall–Kier alpha value is -0.590. The number of hydrogen-bond donors (Lipinski definition) is 0. The highest BCUT2D eigenvalue weighted by Gasteiger charge is 1.86. The molecule has 0 aromatic carbocycles. The first-order valence-corrected chi connectivity index (χ1v) is 3.19. The van der Waals surface area contributed by atoms with Crippen molar-refractivity contribution in [2.75, 3.05) is 0 Å². The lowest BCUT2D eigenvalue weighted by Crippen LogP contribution is -1.71. The third-order valence-electron chi connectivity index (χ3n) is 1.22. The molecule has 0 aromatic heterocycles. The van der Waals surface area contributed by atoms with Crippen molar-refractivity contribution in [3.05, 3.63) is 23.6 Å². The third kappa shape index (κ3) is 3.95. The lowest BCUT2D eigenvalue weighted by atomic mass is 10.2. The van der Waals surface area contributed by atoms with E-state index in [4.69, 9.17) is 0 Å². The molecular formula is C8H13F. The summed E-state index contributed by atoms with van der Waals surface area (Å²) in [5, 5.41) is 0. The predicted octanol–water partition coefficient (Wildman–Crippen LogP) is 3.22. The first kappa shape index (κ1) is 8.41. The fourth-order valence-corrected chi connectivity index (χ4v) is 0.421. The minimum atomic E-state index is -0.144. The van der Waals surface area contributed by atoms with Crippen LogP contribution in [-0.2, 0) is 0 Å². The molecular weight excluding hydrogens is 115 g/mol. The second-order valence-corrected chi connectivity index (χ2v) is 2.02. The topological polar surface area (TPSA) is 0 Å². The van der Waals surface area contributed by atoms with E-state index in [1.807, 2.05) is 13.8 Å². The van der Waals surface area contributed by atoms with E-state index in [0.29, 0.717) is 0 Å². The van der Waals surface area contributed by atoms with Crippen LogP contribution in [0.25, 0.3) is 0 Å². The second kappa shape index (κ2) is 4.30. The van der Waals surface area contributed by atoms with Gasteiger partial charge in [0.25, 0.3) is 0 Å². The van der Waals surface area contributed by atoms with Crippen LogP contribution in [0.1, 0.15) is 27.2 Å². The quantitative estimate of drug-likeness (QED) is 0.501. The molecule has 0 nitrogen and oxygen atoms in total. The lowest BCUT2D eigenvalue weighted by Gasteiger charge is -1.90. The summed E-state index contributed by atoms with van der Waals surface area (Å²) in [4.78, 5) is 0. The predicted molar refractivity (Wildman–Crippen MR) is 38.9 cm³/mol. The maximum Gasteiger partial charge on any atom is 0.118 e. The maximum absolute atomic E-state index is 12.4. The molecule has 0 aliphatic rings. The monoisotopic (exact) mass is 128 g/mol. The van der Waals surface area contributed by atoms with Gasteiger partial charge in [-0.05, 0) is 26.3 Å². The molecule has 52 valence electrons. The summed E-state index contributed by atoms with van der Waals surface area (Å²) in [5.74, 6) is -0.144. The van der Waals surface area contributed by atoms with Crippen LogP contribution >= 0.6 is 0 Å². The van der Waals surface area contributed by atoms with E-state index < -0.39 is 0 Å². The number of hydrogen-bond acceptors (Lipinski definition) is 0. The molecule has 0 bridgehead atoms. The summed E-state index contributed by atoms with van der Waals surface area (Å²) < 4.78 is 12.4. The Morgan fingerprint density at radius 3 is 2.44 bits per heavy atom. The molecule has 0 aliphatic carbocycles. The van der Waals surface area contributed by atoms with Gasteiger partial charge in [-0.1, -0.05) is 18.6 Å². The first-order chi connectivity index (χ1) is 4.20. The minimum absolute atomic E-state index is 0.144. The van der Waals surface area contributed by atoms with Crippen molar-refractivity contribution < 1.29 is 4.39 Å². The summed E-state index contributed by atoms with van der Waals surface area (Å²) in [6.45, 7) is 5.62. The molecule has 0 rings (SSSR count). The van der Waals surface area contributed by atoms with Crippen molar-refractivity contribution in [1.82, 2.24) is 0 Å².